The molecule has 0 aliphatic rings. The van der Waals surface area contributed by atoms with Gasteiger partial charge in [0.25, 0.3) is 0 Å². The van der Waals surface area contributed by atoms with Gasteiger partial charge in [0, 0.05) is 12.8 Å². The van der Waals surface area contributed by atoms with Gasteiger partial charge in [-0.1, -0.05) is 149 Å². The van der Waals surface area contributed by atoms with Crippen LogP contribution in [-0.4, -0.2) is 22.4 Å². The Hall–Kier alpha value is -2.88. The normalized spacial score (nSPS) is 12.6. The van der Waals surface area contributed by atoms with E-state index in [0.29, 0.717) is 0 Å². The highest BCUT2D eigenvalue weighted by Crippen LogP contribution is 2.13. The molecular weight excluding hydrogens is 585 g/mol. The Balaban J connectivity index is 3.44. The van der Waals surface area contributed by atoms with Gasteiger partial charge in [-0.3, -0.25) is 0 Å². The summed E-state index contributed by atoms with van der Waals surface area (Å²) in [4.78, 5) is 0. The Bertz CT molecular complexity index is 1020. The first-order chi connectivity index (χ1) is 23.7. The highest BCUT2D eigenvalue weighted by Gasteiger charge is 1.95. The molecule has 2 heteroatoms. The zero-order chi connectivity index (χ0) is 34.9. The van der Waals surface area contributed by atoms with Crippen molar-refractivity contribution in [2.45, 2.75) is 192 Å². The second-order valence-electron chi connectivity index (χ2n) is 12.9. The first-order valence-electron chi connectivity index (χ1n) is 19.6. The number of rotatable bonds is 31. The van der Waals surface area contributed by atoms with Crippen molar-refractivity contribution in [3.63, 3.8) is 0 Å². The molecule has 2 unspecified atom stereocenters. The van der Waals surface area contributed by atoms with Crippen LogP contribution in [0.3, 0.4) is 0 Å². The largest absolute Gasteiger partial charge is 0.377 e. The van der Waals surface area contributed by atoms with Crippen molar-refractivity contribution in [2.24, 2.45) is 0 Å². The van der Waals surface area contributed by atoms with Crippen LogP contribution in [-0.2, 0) is 0 Å². The highest BCUT2D eigenvalue weighted by atomic mass is 16.3. The first-order valence-corrected chi connectivity index (χ1v) is 19.6. The van der Waals surface area contributed by atoms with Crippen molar-refractivity contribution in [3.8, 4) is 48.4 Å². The van der Waals surface area contributed by atoms with Crippen LogP contribution in [0.15, 0.2) is 48.6 Å². The zero-order valence-corrected chi connectivity index (χ0v) is 30.6. The van der Waals surface area contributed by atoms with E-state index in [0.717, 1.165) is 77.0 Å². The summed E-state index contributed by atoms with van der Waals surface area (Å²) >= 11 is 0. The number of aliphatic hydroxyl groups excluding tert-OH is 2. The fraction of sp³-hybridized carbons (Fsp3) is 0.652. The molecule has 0 aromatic carbocycles. The summed E-state index contributed by atoms with van der Waals surface area (Å²) in [6.45, 7) is 0. The SMILES string of the molecule is C#C/C=C\CCCCCCCCCCCCCC/C=C\CCCCC#CC(O)C#CCCCC/C=C\CCCCCC/C=C/C(O)C#C. The summed E-state index contributed by atoms with van der Waals surface area (Å²) in [7, 11) is 0. The third-order valence-electron chi connectivity index (χ3n) is 8.34. The average molecular weight is 655 g/mol. The molecule has 0 radical (unpaired) electrons. The maximum Gasteiger partial charge on any atom is 0.176 e. The van der Waals surface area contributed by atoms with E-state index in [4.69, 9.17) is 12.8 Å². The summed E-state index contributed by atoms with van der Waals surface area (Å²) < 4.78 is 0. The van der Waals surface area contributed by atoms with Gasteiger partial charge in [-0.05, 0) is 102 Å². The van der Waals surface area contributed by atoms with Crippen LogP contribution >= 0.6 is 0 Å². The van der Waals surface area contributed by atoms with Crippen LogP contribution in [0.2, 0.25) is 0 Å². The molecule has 0 aromatic heterocycles. The number of hydrogen-bond donors (Lipinski definition) is 2. The predicted molar refractivity (Wildman–Crippen MR) is 211 cm³/mol. The molecule has 2 nitrogen and oxygen atoms in total. The lowest BCUT2D eigenvalue weighted by molar-refractivity contribution is 0.280. The van der Waals surface area contributed by atoms with Crippen LogP contribution in [0.1, 0.15) is 180 Å². The highest BCUT2D eigenvalue weighted by molar-refractivity contribution is 5.19. The van der Waals surface area contributed by atoms with E-state index >= 15 is 0 Å². The van der Waals surface area contributed by atoms with Gasteiger partial charge in [-0.25, -0.2) is 0 Å². The van der Waals surface area contributed by atoms with Crippen LogP contribution in [0.25, 0.3) is 0 Å². The quantitative estimate of drug-likeness (QED) is 0.0444. The molecule has 48 heavy (non-hydrogen) atoms. The van der Waals surface area contributed by atoms with Gasteiger partial charge in [0.15, 0.2) is 6.10 Å². The molecule has 0 aliphatic carbocycles. The van der Waals surface area contributed by atoms with Crippen molar-refractivity contribution in [3.05, 3.63) is 48.6 Å². The molecule has 0 spiro atoms. The van der Waals surface area contributed by atoms with E-state index in [9.17, 15) is 10.2 Å². The Morgan fingerprint density at radius 3 is 1.12 bits per heavy atom. The van der Waals surface area contributed by atoms with Crippen molar-refractivity contribution in [2.75, 3.05) is 0 Å². The Kier molecular flexibility index (Phi) is 37.9. The van der Waals surface area contributed by atoms with Gasteiger partial charge < -0.3 is 10.2 Å². The van der Waals surface area contributed by atoms with Crippen molar-refractivity contribution >= 4 is 0 Å². The second-order valence-corrected chi connectivity index (χ2v) is 12.9. The molecule has 0 aliphatic heterocycles. The number of hydrogen-bond acceptors (Lipinski definition) is 2. The molecule has 0 fully saturated rings. The molecule has 0 bridgehead atoms. The smallest absolute Gasteiger partial charge is 0.176 e. The van der Waals surface area contributed by atoms with Gasteiger partial charge >= 0.3 is 0 Å². The third kappa shape index (κ3) is 39.3. The average Bonchev–Trinajstić information content (AvgIpc) is 3.09. The fourth-order valence-corrected chi connectivity index (χ4v) is 5.40. The maximum atomic E-state index is 9.97. The monoisotopic (exact) mass is 655 g/mol. The van der Waals surface area contributed by atoms with Gasteiger partial charge in [-0.15, -0.1) is 12.8 Å². The molecule has 0 saturated heterocycles. The number of allylic oxidation sites excluding steroid dienone is 7. The van der Waals surface area contributed by atoms with Gasteiger partial charge in [-0.2, -0.15) is 0 Å². The first kappa shape index (κ1) is 45.1. The van der Waals surface area contributed by atoms with Crippen LogP contribution in [0, 0.1) is 48.4 Å². The number of aliphatic hydroxyl groups is 2. The lowest BCUT2D eigenvalue weighted by atomic mass is 10.0. The second kappa shape index (κ2) is 40.3. The van der Waals surface area contributed by atoms with E-state index in [1.165, 1.54) is 103 Å². The number of unbranched alkanes of at least 4 members (excludes halogenated alkanes) is 24. The molecule has 2 atom stereocenters. The van der Waals surface area contributed by atoms with Crippen molar-refractivity contribution in [1.29, 1.82) is 0 Å². The third-order valence-corrected chi connectivity index (χ3v) is 8.34. The summed E-state index contributed by atoms with van der Waals surface area (Å²) in [5.74, 6) is 16.8. The predicted octanol–water partition coefficient (Wildman–Crippen LogP) is 12.1. The molecule has 0 amide bonds. The minimum atomic E-state index is -0.816. The van der Waals surface area contributed by atoms with E-state index < -0.39 is 12.2 Å². The minimum Gasteiger partial charge on any atom is -0.377 e. The lowest BCUT2D eigenvalue weighted by Gasteiger charge is -2.02. The van der Waals surface area contributed by atoms with Crippen LogP contribution in [0.5, 0.6) is 0 Å². The molecule has 0 saturated carbocycles. The molecule has 0 rings (SSSR count). The molecule has 0 aromatic rings. The Morgan fingerprint density at radius 2 is 0.750 bits per heavy atom. The minimum absolute atomic E-state index is 0.744. The van der Waals surface area contributed by atoms with E-state index in [1.54, 1.807) is 6.08 Å². The van der Waals surface area contributed by atoms with E-state index in [1.807, 2.05) is 12.2 Å². The van der Waals surface area contributed by atoms with Gasteiger partial charge in [0.1, 0.15) is 6.10 Å². The summed E-state index contributed by atoms with van der Waals surface area (Å²) in [6, 6.07) is 0. The number of terminal acetylenes is 2. The van der Waals surface area contributed by atoms with Crippen molar-refractivity contribution in [1.82, 2.24) is 0 Å². The molecule has 0 heterocycles. The van der Waals surface area contributed by atoms with Gasteiger partial charge in [0.2, 0.25) is 0 Å². The molecule has 266 valence electrons. The van der Waals surface area contributed by atoms with E-state index in [2.05, 4.69) is 65.9 Å². The fourth-order valence-electron chi connectivity index (χ4n) is 5.40. The molecule has 2 N–H and O–H groups in total. The topological polar surface area (TPSA) is 40.5 Å². The van der Waals surface area contributed by atoms with E-state index in [-0.39, 0.29) is 0 Å². The van der Waals surface area contributed by atoms with Crippen LogP contribution in [0.4, 0.5) is 0 Å². The Labute approximate surface area is 298 Å². The maximum absolute atomic E-state index is 9.97. The Morgan fingerprint density at radius 1 is 0.417 bits per heavy atom. The standard InChI is InChI=1S/C46H70O2/c1-3-5-6-7-8-9-10-11-12-13-14-15-16-17-18-19-20-21-25-28-31-34-37-40-43-46(48)44-41-38-35-32-29-26-23-22-24-27-30-33-36-39-42-45(47)4-2/h1-2,5-6,21,23,25-26,39,42,45-48H,7-20,22,24,27-38H2/b6-5-,25-21-,26-23-,42-39+. The lowest BCUT2D eigenvalue weighted by Crippen LogP contribution is -1.97. The summed E-state index contributed by atoms with van der Waals surface area (Å²) in [6.07, 6.45) is 59.7. The zero-order valence-electron chi connectivity index (χ0n) is 30.6. The molecular formula is C46H70O2. The van der Waals surface area contributed by atoms with Crippen molar-refractivity contribution < 1.29 is 10.2 Å². The summed E-state index contributed by atoms with van der Waals surface area (Å²) in [5, 5.41) is 19.2. The summed E-state index contributed by atoms with van der Waals surface area (Å²) in [5.41, 5.74) is 0. The van der Waals surface area contributed by atoms with Crippen LogP contribution < -0.4 is 0 Å². The van der Waals surface area contributed by atoms with Gasteiger partial charge in [0.05, 0.1) is 0 Å².